The monoisotopic (exact) mass is 426 g/mol. The molecule has 0 aliphatic rings. The molecule has 0 unspecified atom stereocenters. The maximum Gasteiger partial charge on any atom is 0.215 e. The molecule has 28 heavy (non-hydrogen) atoms. The van der Waals surface area contributed by atoms with Crippen LogP contribution in [0.4, 0.5) is 0 Å². The lowest BCUT2D eigenvalue weighted by molar-refractivity contribution is -0.107. The second kappa shape index (κ2) is 10.8. The van der Waals surface area contributed by atoms with Gasteiger partial charge in [-0.05, 0) is 72.4 Å². The number of carbonyl (C=O) groups is 1. The first kappa shape index (κ1) is 22.7. The van der Waals surface area contributed by atoms with Crippen LogP contribution in [0.15, 0.2) is 82.1 Å². The topological polar surface area (TPSA) is 17.1 Å². The van der Waals surface area contributed by atoms with E-state index in [4.69, 9.17) is 0 Å². The van der Waals surface area contributed by atoms with Crippen molar-refractivity contribution in [1.82, 2.24) is 0 Å². The summed E-state index contributed by atoms with van der Waals surface area (Å²) in [5.74, 6) is 0.674. The number of hydrogen-bond donors (Lipinski definition) is 1. The third kappa shape index (κ3) is 6.47. The molecular formula is C24H26OS3. The number of rotatable bonds is 7. The summed E-state index contributed by atoms with van der Waals surface area (Å²) in [4.78, 5) is 14.7. The zero-order valence-corrected chi connectivity index (χ0v) is 19.3. The number of allylic oxidation sites excluding steroid dienone is 4. The molecule has 1 nitrogen and oxygen atoms in total. The van der Waals surface area contributed by atoms with Crippen molar-refractivity contribution >= 4 is 46.8 Å². The van der Waals surface area contributed by atoms with Crippen molar-refractivity contribution in [3.8, 4) is 0 Å². The van der Waals surface area contributed by atoms with Gasteiger partial charge in [-0.1, -0.05) is 60.3 Å². The van der Waals surface area contributed by atoms with Gasteiger partial charge in [-0.2, -0.15) is 0 Å². The third-order valence-corrected chi connectivity index (χ3v) is 6.55. The van der Waals surface area contributed by atoms with Gasteiger partial charge < -0.3 is 0 Å². The SMILES string of the molecule is C=C(C(/C=C(\C)C(=O)SCc1ccc(C)cc1)=C(/C)SC)c1cccc(S)c1. The molecule has 0 amide bonds. The Balaban J connectivity index is 2.19. The van der Waals surface area contributed by atoms with E-state index in [1.807, 2.05) is 43.5 Å². The maximum atomic E-state index is 12.7. The molecule has 2 aromatic carbocycles. The van der Waals surface area contributed by atoms with Gasteiger partial charge in [-0.3, -0.25) is 4.79 Å². The van der Waals surface area contributed by atoms with E-state index in [0.717, 1.165) is 37.6 Å². The normalized spacial score (nSPS) is 12.5. The van der Waals surface area contributed by atoms with Gasteiger partial charge in [0.1, 0.15) is 0 Å². The van der Waals surface area contributed by atoms with Gasteiger partial charge in [0.25, 0.3) is 0 Å². The molecule has 0 aliphatic carbocycles. The highest BCUT2D eigenvalue weighted by Gasteiger charge is 2.12. The van der Waals surface area contributed by atoms with Crippen LogP contribution in [0.25, 0.3) is 5.57 Å². The second-order valence-corrected chi connectivity index (χ2v) is 9.08. The molecule has 2 rings (SSSR count). The zero-order valence-electron chi connectivity index (χ0n) is 16.8. The largest absolute Gasteiger partial charge is 0.282 e. The molecule has 0 aliphatic heterocycles. The standard InChI is InChI=1S/C24H26OS3/c1-16-9-11-20(12-10-16)15-28-24(25)17(2)13-23(19(4)27-5)18(3)21-7-6-8-22(26)14-21/h6-14,26H,3,15H2,1-2,4-5H3/b17-13+,23-19-. The van der Waals surface area contributed by atoms with Gasteiger partial charge >= 0.3 is 0 Å². The number of thiol groups is 1. The van der Waals surface area contributed by atoms with Crippen LogP contribution in [0.5, 0.6) is 0 Å². The molecule has 4 heteroatoms. The average molecular weight is 427 g/mol. The smallest absolute Gasteiger partial charge is 0.215 e. The highest BCUT2D eigenvalue weighted by atomic mass is 32.2. The van der Waals surface area contributed by atoms with Crippen LogP contribution in [-0.2, 0) is 10.5 Å². The Labute approximate surface area is 182 Å². The summed E-state index contributed by atoms with van der Waals surface area (Å²) in [7, 11) is 0. The minimum absolute atomic E-state index is 0.0859. The second-order valence-electron chi connectivity index (χ2n) is 6.59. The summed E-state index contributed by atoms with van der Waals surface area (Å²) in [6.45, 7) is 10.3. The fourth-order valence-electron chi connectivity index (χ4n) is 2.58. The molecule has 0 saturated heterocycles. The highest BCUT2D eigenvalue weighted by molar-refractivity contribution is 8.13. The maximum absolute atomic E-state index is 12.7. The molecular weight excluding hydrogens is 400 g/mol. The predicted molar refractivity (Wildman–Crippen MR) is 130 cm³/mol. The summed E-state index contributed by atoms with van der Waals surface area (Å²) in [5.41, 5.74) is 6.01. The Bertz CT molecular complexity index is 921. The third-order valence-electron chi connectivity index (χ3n) is 4.38. The lowest BCUT2D eigenvalue weighted by Gasteiger charge is -2.13. The summed E-state index contributed by atoms with van der Waals surface area (Å²) in [6.07, 6.45) is 4.00. The van der Waals surface area contributed by atoms with Crippen LogP contribution in [0.1, 0.15) is 30.5 Å². The van der Waals surface area contributed by atoms with Crippen LogP contribution < -0.4 is 0 Å². The first-order valence-corrected chi connectivity index (χ1v) is 11.6. The molecule has 0 saturated carbocycles. The van der Waals surface area contributed by atoms with E-state index in [9.17, 15) is 4.79 Å². The van der Waals surface area contributed by atoms with Crippen molar-refractivity contribution in [1.29, 1.82) is 0 Å². The van der Waals surface area contributed by atoms with Crippen LogP contribution >= 0.6 is 36.2 Å². The molecule has 0 heterocycles. The Hall–Kier alpha value is -1.62. The molecule has 0 bridgehead atoms. The van der Waals surface area contributed by atoms with Crippen molar-refractivity contribution in [2.75, 3.05) is 6.26 Å². The van der Waals surface area contributed by atoms with Gasteiger partial charge in [0.05, 0.1) is 0 Å². The van der Waals surface area contributed by atoms with E-state index in [1.54, 1.807) is 11.8 Å². The summed E-state index contributed by atoms with van der Waals surface area (Å²) < 4.78 is 0. The average Bonchev–Trinajstić information content (AvgIpc) is 2.70. The molecule has 0 radical (unpaired) electrons. The Morgan fingerprint density at radius 2 is 1.82 bits per heavy atom. The van der Waals surface area contributed by atoms with Crippen LogP contribution in [0.2, 0.25) is 0 Å². The van der Waals surface area contributed by atoms with Crippen molar-refractivity contribution in [3.05, 3.63) is 93.9 Å². The van der Waals surface area contributed by atoms with E-state index >= 15 is 0 Å². The van der Waals surface area contributed by atoms with Gasteiger partial charge in [0.2, 0.25) is 5.12 Å². The first-order valence-electron chi connectivity index (χ1n) is 8.96. The number of hydrogen-bond acceptors (Lipinski definition) is 4. The molecule has 0 N–H and O–H groups in total. The number of aryl methyl sites for hydroxylation is 1. The fourth-order valence-corrected chi connectivity index (χ4v) is 3.99. The summed E-state index contributed by atoms with van der Waals surface area (Å²) in [5, 5.41) is 0.0859. The molecule has 0 atom stereocenters. The van der Waals surface area contributed by atoms with Gasteiger partial charge in [0, 0.05) is 16.2 Å². The molecule has 146 valence electrons. The first-order chi connectivity index (χ1) is 13.3. The molecule has 2 aromatic rings. The lowest BCUT2D eigenvalue weighted by atomic mass is 9.97. The van der Waals surface area contributed by atoms with Crippen molar-refractivity contribution < 1.29 is 4.79 Å². The van der Waals surface area contributed by atoms with E-state index in [0.29, 0.717) is 5.75 Å². The van der Waals surface area contributed by atoms with Crippen LogP contribution in [0, 0.1) is 6.92 Å². The summed E-state index contributed by atoms with van der Waals surface area (Å²) in [6, 6.07) is 16.2. The number of carbonyl (C=O) groups excluding carboxylic acids is 1. The predicted octanol–water partition coefficient (Wildman–Crippen LogP) is 7.34. The van der Waals surface area contributed by atoms with E-state index in [-0.39, 0.29) is 5.12 Å². The Morgan fingerprint density at radius 3 is 2.43 bits per heavy atom. The van der Waals surface area contributed by atoms with E-state index in [2.05, 4.69) is 57.3 Å². The van der Waals surface area contributed by atoms with Crippen LogP contribution in [-0.4, -0.2) is 11.4 Å². The lowest BCUT2D eigenvalue weighted by Crippen LogP contribution is -1.98. The zero-order chi connectivity index (χ0) is 20.7. The van der Waals surface area contributed by atoms with Gasteiger partial charge in [-0.15, -0.1) is 24.4 Å². The summed E-state index contributed by atoms with van der Waals surface area (Å²) >= 11 is 7.43. The van der Waals surface area contributed by atoms with Gasteiger partial charge in [-0.25, -0.2) is 0 Å². The Kier molecular flexibility index (Phi) is 8.74. The van der Waals surface area contributed by atoms with Crippen LogP contribution in [0.3, 0.4) is 0 Å². The molecule has 0 spiro atoms. The van der Waals surface area contributed by atoms with Crippen molar-refractivity contribution in [3.63, 3.8) is 0 Å². The minimum Gasteiger partial charge on any atom is -0.282 e. The quantitative estimate of drug-likeness (QED) is 0.283. The fraction of sp³-hybridized carbons (Fsp3) is 0.208. The number of thioether (sulfide) groups is 2. The minimum atomic E-state index is 0.0859. The molecule has 0 aromatic heterocycles. The van der Waals surface area contributed by atoms with Crippen molar-refractivity contribution in [2.45, 2.75) is 31.4 Å². The van der Waals surface area contributed by atoms with E-state index < -0.39 is 0 Å². The number of benzene rings is 2. The Morgan fingerprint density at radius 1 is 1.14 bits per heavy atom. The van der Waals surface area contributed by atoms with Crippen molar-refractivity contribution in [2.24, 2.45) is 0 Å². The van der Waals surface area contributed by atoms with Gasteiger partial charge in [0.15, 0.2) is 0 Å². The molecule has 0 fully saturated rings. The van der Waals surface area contributed by atoms with E-state index in [1.165, 1.54) is 17.3 Å². The highest BCUT2D eigenvalue weighted by Crippen LogP contribution is 2.31.